The van der Waals surface area contributed by atoms with Crippen LogP contribution in [0.3, 0.4) is 0 Å². The quantitative estimate of drug-likeness (QED) is 0.791. The lowest BCUT2D eigenvalue weighted by Crippen LogP contribution is -2.29. The van der Waals surface area contributed by atoms with Crippen LogP contribution in [0.25, 0.3) is 0 Å². The van der Waals surface area contributed by atoms with Crippen LogP contribution < -0.4 is 5.32 Å². The summed E-state index contributed by atoms with van der Waals surface area (Å²) in [6.07, 6.45) is 1.61. The van der Waals surface area contributed by atoms with Gasteiger partial charge < -0.3 is 9.88 Å². The van der Waals surface area contributed by atoms with Gasteiger partial charge in [-0.1, -0.05) is 13.8 Å². The molecule has 0 fully saturated rings. The summed E-state index contributed by atoms with van der Waals surface area (Å²) in [6, 6.07) is -0.913. The normalized spacial score (nSPS) is 13.4. The molecule has 0 aliphatic heterocycles. The van der Waals surface area contributed by atoms with Crippen LogP contribution in [0.15, 0.2) is 12.5 Å². The predicted molar refractivity (Wildman–Crippen MR) is 54.9 cm³/mol. The van der Waals surface area contributed by atoms with E-state index >= 15 is 0 Å². The smallest absolute Gasteiger partial charge is 0.259 e. The first kappa shape index (κ1) is 12.1. The van der Waals surface area contributed by atoms with Crippen molar-refractivity contribution >= 4 is 0 Å². The van der Waals surface area contributed by atoms with E-state index in [2.05, 4.69) is 10.3 Å². The molecule has 0 bridgehead atoms. The second-order valence-corrected chi connectivity index (χ2v) is 3.38. The number of nitrogens with zero attached hydrogens (tertiary/aromatic N) is 2. The third-order valence-corrected chi connectivity index (χ3v) is 2.20. The van der Waals surface area contributed by atoms with Gasteiger partial charge in [0.05, 0.1) is 12.0 Å². The molecule has 15 heavy (non-hydrogen) atoms. The topological polar surface area (TPSA) is 29.9 Å². The molecule has 1 N–H and O–H groups in total. The molecule has 0 saturated heterocycles. The Balaban J connectivity index is 2.84. The summed E-state index contributed by atoms with van der Waals surface area (Å²) in [7, 11) is 0. The lowest BCUT2D eigenvalue weighted by atomic mass is 10.2. The lowest BCUT2D eigenvalue weighted by Gasteiger charge is -2.18. The Morgan fingerprint density at radius 3 is 2.73 bits per heavy atom. The van der Waals surface area contributed by atoms with Gasteiger partial charge in [-0.25, -0.2) is 13.8 Å². The highest BCUT2D eigenvalue weighted by molar-refractivity contribution is 5.06. The molecule has 0 saturated carbocycles. The van der Waals surface area contributed by atoms with Gasteiger partial charge in [0.15, 0.2) is 0 Å². The minimum Gasteiger partial charge on any atom is -0.333 e. The maximum atomic E-state index is 12.8. The molecule has 0 amide bonds. The van der Waals surface area contributed by atoms with Gasteiger partial charge in [-0.3, -0.25) is 0 Å². The zero-order valence-electron chi connectivity index (χ0n) is 9.08. The van der Waals surface area contributed by atoms with Gasteiger partial charge in [-0.05, 0) is 13.0 Å². The van der Waals surface area contributed by atoms with Crippen molar-refractivity contribution in [2.45, 2.75) is 39.3 Å². The second kappa shape index (κ2) is 5.80. The van der Waals surface area contributed by atoms with Crippen LogP contribution >= 0.6 is 0 Å². The third kappa shape index (κ3) is 2.99. The SMILES string of the molecule is CCCn1cncc1C(NCC)C(F)F. The van der Waals surface area contributed by atoms with Crippen molar-refractivity contribution in [1.29, 1.82) is 0 Å². The fraction of sp³-hybridized carbons (Fsp3) is 0.700. The van der Waals surface area contributed by atoms with E-state index in [1.165, 1.54) is 6.20 Å². The van der Waals surface area contributed by atoms with E-state index in [0.717, 1.165) is 13.0 Å². The van der Waals surface area contributed by atoms with E-state index in [0.29, 0.717) is 12.2 Å². The van der Waals surface area contributed by atoms with Gasteiger partial charge in [0.1, 0.15) is 6.04 Å². The summed E-state index contributed by atoms with van der Waals surface area (Å²) in [5.41, 5.74) is 0.564. The van der Waals surface area contributed by atoms with Crippen LogP contribution in [0.1, 0.15) is 32.0 Å². The van der Waals surface area contributed by atoms with Gasteiger partial charge in [-0.2, -0.15) is 0 Å². The summed E-state index contributed by atoms with van der Waals surface area (Å²) in [6.45, 7) is 5.07. The first-order chi connectivity index (χ1) is 7.20. The van der Waals surface area contributed by atoms with Crippen LogP contribution in [0.4, 0.5) is 8.78 Å². The number of rotatable bonds is 6. The van der Waals surface area contributed by atoms with Gasteiger partial charge in [0.25, 0.3) is 6.43 Å². The number of alkyl halides is 2. The van der Waals surface area contributed by atoms with Crippen molar-refractivity contribution in [3.05, 3.63) is 18.2 Å². The first-order valence-electron chi connectivity index (χ1n) is 5.22. The summed E-state index contributed by atoms with van der Waals surface area (Å²) >= 11 is 0. The van der Waals surface area contributed by atoms with Gasteiger partial charge in [-0.15, -0.1) is 0 Å². The van der Waals surface area contributed by atoms with E-state index in [-0.39, 0.29) is 0 Å². The fourth-order valence-electron chi connectivity index (χ4n) is 1.56. The van der Waals surface area contributed by atoms with Crippen molar-refractivity contribution in [2.24, 2.45) is 0 Å². The van der Waals surface area contributed by atoms with E-state index in [1.54, 1.807) is 10.9 Å². The molecule has 5 heteroatoms. The molecule has 0 aliphatic carbocycles. The molecule has 0 aliphatic rings. The Labute approximate surface area is 88.5 Å². The lowest BCUT2D eigenvalue weighted by molar-refractivity contribution is 0.0956. The molecular formula is C10H17F2N3. The zero-order chi connectivity index (χ0) is 11.3. The molecule has 0 aromatic carbocycles. The monoisotopic (exact) mass is 217 g/mol. The molecule has 1 aromatic heterocycles. The molecule has 0 radical (unpaired) electrons. The summed E-state index contributed by atoms with van der Waals surface area (Å²) in [5, 5.41) is 2.77. The molecule has 1 heterocycles. The number of aromatic nitrogens is 2. The minimum absolute atomic E-state index is 0.520. The van der Waals surface area contributed by atoms with Crippen molar-refractivity contribution < 1.29 is 8.78 Å². The summed E-state index contributed by atoms with van der Waals surface area (Å²) in [4.78, 5) is 3.92. The van der Waals surface area contributed by atoms with Crippen molar-refractivity contribution in [1.82, 2.24) is 14.9 Å². The maximum absolute atomic E-state index is 12.8. The first-order valence-corrected chi connectivity index (χ1v) is 5.22. The van der Waals surface area contributed by atoms with E-state index in [9.17, 15) is 8.78 Å². The van der Waals surface area contributed by atoms with Crippen LogP contribution in [0.2, 0.25) is 0 Å². The fourth-order valence-corrected chi connectivity index (χ4v) is 1.56. The Hall–Kier alpha value is -0.970. The number of halogens is 2. The van der Waals surface area contributed by atoms with E-state index < -0.39 is 12.5 Å². The highest BCUT2D eigenvalue weighted by atomic mass is 19.3. The van der Waals surface area contributed by atoms with Gasteiger partial charge in [0, 0.05) is 12.7 Å². The van der Waals surface area contributed by atoms with E-state index in [1.807, 2.05) is 13.8 Å². The van der Waals surface area contributed by atoms with Crippen molar-refractivity contribution in [3.63, 3.8) is 0 Å². The molecule has 0 spiro atoms. The van der Waals surface area contributed by atoms with Crippen LogP contribution in [0, 0.1) is 0 Å². The highest BCUT2D eigenvalue weighted by Gasteiger charge is 2.24. The number of hydrogen-bond acceptors (Lipinski definition) is 2. The Bertz CT molecular complexity index is 286. The number of nitrogens with one attached hydrogen (secondary N) is 1. The predicted octanol–water partition coefficient (Wildman–Crippen LogP) is 2.21. The molecule has 1 atom stereocenters. The molecular weight excluding hydrogens is 200 g/mol. The summed E-state index contributed by atoms with van der Waals surface area (Å²) in [5.74, 6) is 0. The average molecular weight is 217 g/mol. The Morgan fingerprint density at radius 1 is 1.47 bits per heavy atom. The maximum Gasteiger partial charge on any atom is 0.259 e. The van der Waals surface area contributed by atoms with Gasteiger partial charge in [0.2, 0.25) is 0 Å². The molecule has 1 aromatic rings. The molecule has 1 rings (SSSR count). The van der Waals surface area contributed by atoms with Crippen LogP contribution in [-0.2, 0) is 6.54 Å². The number of aryl methyl sites for hydroxylation is 1. The zero-order valence-corrected chi connectivity index (χ0v) is 9.08. The standard InChI is InChI=1S/C10H17F2N3/c1-3-5-15-7-13-6-8(15)9(10(11)12)14-4-2/h6-7,9-10,14H,3-5H2,1-2H3. The van der Waals surface area contributed by atoms with E-state index in [4.69, 9.17) is 0 Å². The van der Waals surface area contributed by atoms with Crippen molar-refractivity contribution in [2.75, 3.05) is 6.54 Å². The average Bonchev–Trinajstić information content (AvgIpc) is 2.62. The summed E-state index contributed by atoms with van der Waals surface area (Å²) < 4.78 is 27.3. The van der Waals surface area contributed by atoms with Crippen molar-refractivity contribution in [3.8, 4) is 0 Å². The molecule has 1 unspecified atom stereocenters. The Kier molecular flexibility index (Phi) is 4.68. The third-order valence-electron chi connectivity index (χ3n) is 2.20. The van der Waals surface area contributed by atoms with Crippen LogP contribution in [0.5, 0.6) is 0 Å². The molecule has 86 valence electrons. The number of hydrogen-bond donors (Lipinski definition) is 1. The van der Waals surface area contributed by atoms with Crippen LogP contribution in [-0.4, -0.2) is 22.5 Å². The van der Waals surface area contributed by atoms with Gasteiger partial charge >= 0.3 is 0 Å². The second-order valence-electron chi connectivity index (χ2n) is 3.38. The highest BCUT2D eigenvalue weighted by Crippen LogP contribution is 2.20. The minimum atomic E-state index is -2.41. The Morgan fingerprint density at radius 2 is 2.20 bits per heavy atom. The number of imidazole rings is 1. The molecule has 3 nitrogen and oxygen atoms in total. The largest absolute Gasteiger partial charge is 0.333 e.